The maximum atomic E-state index is 11.9. The standard InChI is InChI=1S/C14H15N3O2/c1-17-7-9-4-3-5-15-13(9)12-10(14(18)19-2)6-16-11(12)8-17/h3-6,16H,7-8H2,1-2H3. The summed E-state index contributed by atoms with van der Waals surface area (Å²) in [4.78, 5) is 21.7. The molecule has 1 aliphatic rings. The van der Waals surface area contributed by atoms with Crippen molar-refractivity contribution in [1.82, 2.24) is 14.9 Å². The molecule has 0 saturated carbocycles. The molecule has 5 heteroatoms. The summed E-state index contributed by atoms with van der Waals surface area (Å²) in [6.45, 7) is 1.56. The Morgan fingerprint density at radius 1 is 1.47 bits per heavy atom. The predicted octanol–water partition coefficient (Wildman–Crippen LogP) is 1.81. The summed E-state index contributed by atoms with van der Waals surface area (Å²) in [5.74, 6) is -0.335. The molecule has 0 spiro atoms. The number of nitrogens with zero attached hydrogens (tertiary/aromatic N) is 2. The highest BCUT2D eigenvalue weighted by Crippen LogP contribution is 2.33. The molecule has 0 aromatic carbocycles. The molecule has 0 bridgehead atoms. The SMILES string of the molecule is COC(=O)c1c[nH]c2c1-c1ncccc1CN(C)C2. The third-order valence-corrected chi connectivity index (χ3v) is 3.36. The molecule has 3 rings (SSSR count). The van der Waals surface area contributed by atoms with Crippen LogP contribution in [0.2, 0.25) is 0 Å². The lowest BCUT2D eigenvalue weighted by Crippen LogP contribution is -2.15. The molecular formula is C14H15N3O2. The van der Waals surface area contributed by atoms with Crippen molar-refractivity contribution in [3.05, 3.63) is 41.3 Å². The monoisotopic (exact) mass is 257 g/mol. The van der Waals surface area contributed by atoms with Gasteiger partial charge in [-0.25, -0.2) is 4.79 Å². The van der Waals surface area contributed by atoms with Crippen LogP contribution >= 0.6 is 0 Å². The van der Waals surface area contributed by atoms with Gasteiger partial charge in [0, 0.05) is 36.7 Å². The van der Waals surface area contributed by atoms with Crippen molar-refractivity contribution in [3.8, 4) is 11.3 Å². The molecule has 0 fully saturated rings. The van der Waals surface area contributed by atoms with Gasteiger partial charge in [-0.1, -0.05) is 6.07 Å². The van der Waals surface area contributed by atoms with E-state index in [4.69, 9.17) is 4.74 Å². The molecule has 0 aliphatic carbocycles. The number of fused-ring (bicyclic) bond motifs is 3. The first-order chi connectivity index (χ1) is 9.20. The first-order valence-corrected chi connectivity index (χ1v) is 6.12. The van der Waals surface area contributed by atoms with Gasteiger partial charge < -0.3 is 9.72 Å². The lowest BCUT2D eigenvalue weighted by molar-refractivity contribution is 0.0601. The zero-order chi connectivity index (χ0) is 13.4. The quantitative estimate of drug-likeness (QED) is 0.791. The number of H-pyrrole nitrogens is 1. The molecule has 98 valence electrons. The highest BCUT2D eigenvalue weighted by atomic mass is 16.5. The fraction of sp³-hybridized carbons (Fsp3) is 0.286. The molecule has 0 radical (unpaired) electrons. The lowest BCUT2D eigenvalue weighted by atomic mass is 10.0. The second-order valence-corrected chi connectivity index (χ2v) is 4.73. The molecule has 5 nitrogen and oxygen atoms in total. The summed E-state index contributed by atoms with van der Waals surface area (Å²) < 4.78 is 4.84. The van der Waals surface area contributed by atoms with Gasteiger partial charge in [-0.15, -0.1) is 0 Å². The Balaban J connectivity index is 2.25. The summed E-state index contributed by atoms with van der Waals surface area (Å²) in [6, 6.07) is 3.96. The summed E-state index contributed by atoms with van der Waals surface area (Å²) in [6.07, 6.45) is 3.45. The lowest BCUT2D eigenvalue weighted by Gasteiger charge is -2.13. The number of carbonyl (C=O) groups is 1. The molecule has 2 aromatic rings. The second-order valence-electron chi connectivity index (χ2n) is 4.73. The van der Waals surface area contributed by atoms with Crippen molar-refractivity contribution >= 4 is 5.97 Å². The Kier molecular flexibility index (Phi) is 2.83. The fourth-order valence-corrected chi connectivity index (χ4v) is 2.54. The third kappa shape index (κ3) is 1.92. The van der Waals surface area contributed by atoms with Gasteiger partial charge in [0.25, 0.3) is 0 Å². The number of methoxy groups -OCH3 is 1. The van der Waals surface area contributed by atoms with E-state index in [0.29, 0.717) is 5.56 Å². The number of carbonyl (C=O) groups excluding carboxylic acids is 1. The number of hydrogen-bond acceptors (Lipinski definition) is 4. The van der Waals surface area contributed by atoms with Gasteiger partial charge in [0.15, 0.2) is 0 Å². The first kappa shape index (κ1) is 11.9. The number of ether oxygens (including phenoxy) is 1. The number of pyridine rings is 1. The van der Waals surface area contributed by atoms with Gasteiger partial charge in [-0.05, 0) is 18.7 Å². The van der Waals surface area contributed by atoms with Crippen molar-refractivity contribution in [2.24, 2.45) is 0 Å². The Bertz CT molecular complexity index is 633. The summed E-state index contributed by atoms with van der Waals surface area (Å²) >= 11 is 0. The van der Waals surface area contributed by atoms with Crippen molar-refractivity contribution < 1.29 is 9.53 Å². The van der Waals surface area contributed by atoms with Gasteiger partial charge in [-0.3, -0.25) is 9.88 Å². The van der Waals surface area contributed by atoms with Crippen LogP contribution in [0.25, 0.3) is 11.3 Å². The molecule has 1 aliphatic heterocycles. The zero-order valence-electron chi connectivity index (χ0n) is 10.9. The molecule has 0 atom stereocenters. The summed E-state index contributed by atoms with van der Waals surface area (Å²) in [7, 11) is 3.44. The van der Waals surface area contributed by atoms with Crippen LogP contribution in [0.3, 0.4) is 0 Å². The minimum Gasteiger partial charge on any atom is -0.465 e. The summed E-state index contributed by atoms with van der Waals surface area (Å²) in [5.41, 5.74) is 4.40. The van der Waals surface area contributed by atoms with Crippen LogP contribution in [0.15, 0.2) is 24.5 Å². The molecule has 0 amide bonds. The first-order valence-electron chi connectivity index (χ1n) is 6.12. The third-order valence-electron chi connectivity index (χ3n) is 3.36. The van der Waals surface area contributed by atoms with Crippen molar-refractivity contribution in [3.63, 3.8) is 0 Å². The van der Waals surface area contributed by atoms with Crippen LogP contribution < -0.4 is 0 Å². The highest BCUT2D eigenvalue weighted by Gasteiger charge is 2.25. The normalized spacial score (nSPS) is 14.4. The van der Waals surface area contributed by atoms with Crippen LogP contribution in [-0.2, 0) is 17.8 Å². The number of esters is 1. The van der Waals surface area contributed by atoms with E-state index in [0.717, 1.165) is 35.6 Å². The van der Waals surface area contributed by atoms with Gasteiger partial charge in [-0.2, -0.15) is 0 Å². The van der Waals surface area contributed by atoms with E-state index in [1.54, 1.807) is 12.4 Å². The van der Waals surface area contributed by atoms with Crippen LogP contribution in [-0.4, -0.2) is 35.0 Å². The van der Waals surface area contributed by atoms with E-state index >= 15 is 0 Å². The molecule has 3 heterocycles. The van der Waals surface area contributed by atoms with E-state index in [9.17, 15) is 4.79 Å². The minimum atomic E-state index is -0.335. The Labute approximate surface area is 111 Å². The van der Waals surface area contributed by atoms with Crippen LogP contribution in [0.5, 0.6) is 0 Å². The van der Waals surface area contributed by atoms with E-state index in [1.165, 1.54) is 7.11 Å². The predicted molar refractivity (Wildman–Crippen MR) is 70.5 cm³/mol. The summed E-state index contributed by atoms with van der Waals surface area (Å²) in [5, 5.41) is 0. The van der Waals surface area contributed by atoms with Crippen molar-refractivity contribution in [2.45, 2.75) is 13.1 Å². The largest absolute Gasteiger partial charge is 0.465 e. The van der Waals surface area contributed by atoms with Crippen molar-refractivity contribution in [1.29, 1.82) is 0 Å². The van der Waals surface area contributed by atoms with E-state index in [2.05, 4.69) is 14.9 Å². The van der Waals surface area contributed by atoms with E-state index in [1.807, 2.05) is 19.2 Å². The fourth-order valence-electron chi connectivity index (χ4n) is 2.54. The van der Waals surface area contributed by atoms with Gasteiger partial charge in [0.1, 0.15) is 0 Å². The van der Waals surface area contributed by atoms with E-state index < -0.39 is 0 Å². The Morgan fingerprint density at radius 2 is 2.32 bits per heavy atom. The van der Waals surface area contributed by atoms with Crippen LogP contribution in [0.4, 0.5) is 0 Å². The molecule has 0 saturated heterocycles. The second kappa shape index (κ2) is 4.51. The Hall–Kier alpha value is -2.14. The van der Waals surface area contributed by atoms with Gasteiger partial charge in [0.2, 0.25) is 0 Å². The topological polar surface area (TPSA) is 58.2 Å². The molecule has 0 unspecified atom stereocenters. The van der Waals surface area contributed by atoms with E-state index in [-0.39, 0.29) is 5.97 Å². The molecule has 19 heavy (non-hydrogen) atoms. The maximum absolute atomic E-state index is 11.9. The van der Waals surface area contributed by atoms with Crippen molar-refractivity contribution in [2.75, 3.05) is 14.2 Å². The van der Waals surface area contributed by atoms with Gasteiger partial charge in [0.05, 0.1) is 18.4 Å². The number of hydrogen-bond donors (Lipinski definition) is 1. The number of nitrogens with one attached hydrogen (secondary N) is 1. The number of rotatable bonds is 1. The number of aromatic nitrogens is 2. The smallest absolute Gasteiger partial charge is 0.340 e. The average Bonchev–Trinajstić information content (AvgIpc) is 2.75. The highest BCUT2D eigenvalue weighted by molar-refractivity contribution is 5.98. The maximum Gasteiger partial charge on any atom is 0.340 e. The minimum absolute atomic E-state index is 0.335. The molecule has 1 N–H and O–H groups in total. The molecular weight excluding hydrogens is 242 g/mol. The van der Waals surface area contributed by atoms with Crippen LogP contribution in [0, 0.1) is 0 Å². The average molecular weight is 257 g/mol. The zero-order valence-corrected chi connectivity index (χ0v) is 10.9. The Morgan fingerprint density at radius 3 is 3.11 bits per heavy atom. The van der Waals surface area contributed by atoms with Crippen LogP contribution in [0.1, 0.15) is 21.6 Å². The molecule has 2 aromatic heterocycles. The number of aromatic amines is 1. The van der Waals surface area contributed by atoms with Gasteiger partial charge >= 0.3 is 5.97 Å².